The molecule has 212 valence electrons. The highest BCUT2D eigenvalue weighted by Gasteiger charge is 2.27. The lowest BCUT2D eigenvalue weighted by molar-refractivity contribution is -0.134. The zero-order valence-corrected chi connectivity index (χ0v) is 23.7. The molecule has 0 bridgehead atoms. The van der Waals surface area contributed by atoms with Crippen LogP contribution in [0.5, 0.6) is 5.75 Å². The Balaban J connectivity index is 1.58. The third-order valence-electron chi connectivity index (χ3n) is 8.29. The number of hydrogen-bond donors (Lipinski definition) is 0. The molecule has 6 heteroatoms. The minimum atomic E-state index is -0.0980. The Labute approximate surface area is 234 Å². The van der Waals surface area contributed by atoms with Crippen LogP contribution in [0.15, 0.2) is 54.6 Å². The smallest absolute Gasteiger partial charge is 0.257 e. The highest BCUT2D eigenvalue weighted by atomic mass is 16.5. The maximum Gasteiger partial charge on any atom is 0.257 e. The van der Waals surface area contributed by atoms with Gasteiger partial charge in [0.25, 0.3) is 5.91 Å². The predicted molar refractivity (Wildman–Crippen MR) is 155 cm³/mol. The number of hydrogen-bond acceptors (Lipinski definition) is 4. The minimum Gasteiger partial charge on any atom is -0.491 e. The molecule has 1 saturated carbocycles. The molecule has 4 rings (SSSR count). The molecule has 1 aliphatic heterocycles. The molecular formula is C33H46N2O4. The number of fused-ring (bicyclic) bond motifs is 1. The molecule has 0 unspecified atom stereocenters. The number of carbonyl (C=O) groups excluding carboxylic acids is 2. The zero-order chi connectivity index (χ0) is 27.3. The monoisotopic (exact) mass is 534 g/mol. The van der Waals surface area contributed by atoms with E-state index in [-0.39, 0.29) is 17.9 Å². The molecule has 1 aliphatic carbocycles. The summed E-state index contributed by atoms with van der Waals surface area (Å²) in [4.78, 5) is 31.3. The molecule has 0 radical (unpaired) electrons. The third kappa shape index (κ3) is 8.82. The van der Waals surface area contributed by atoms with Crippen LogP contribution < -0.4 is 4.74 Å². The molecule has 0 aromatic heterocycles. The number of amides is 2. The molecule has 0 saturated heterocycles. The van der Waals surface area contributed by atoms with Crippen LogP contribution in [-0.4, -0.2) is 67.6 Å². The van der Waals surface area contributed by atoms with Gasteiger partial charge >= 0.3 is 0 Å². The lowest BCUT2D eigenvalue weighted by atomic mass is 9.99. The van der Waals surface area contributed by atoms with Crippen LogP contribution in [0, 0.1) is 5.92 Å². The molecule has 1 atom stereocenters. The average molecular weight is 535 g/mol. The van der Waals surface area contributed by atoms with E-state index in [1.165, 1.54) is 31.2 Å². The third-order valence-corrected chi connectivity index (χ3v) is 8.29. The molecule has 2 aromatic rings. The Kier molecular flexibility index (Phi) is 11.7. The van der Waals surface area contributed by atoms with E-state index in [0.29, 0.717) is 50.0 Å². The molecule has 0 spiro atoms. The van der Waals surface area contributed by atoms with Crippen molar-refractivity contribution in [2.75, 3.05) is 40.0 Å². The summed E-state index contributed by atoms with van der Waals surface area (Å²) >= 11 is 0. The van der Waals surface area contributed by atoms with Gasteiger partial charge in [-0.05, 0) is 49.3 Å². The fourth-order valence-electron chi connectivity index (χ4n) is 6.01. The summed E-state index contributed by atoms with van der Waals surface area (Å²) in [5.74, 6) is 1.49. The van der Waals surface area contributed by atoms with Crippen LogP contribution in [0.3, 0.4) is 0 Å². The number of methoxy groups -OCH3 is 1. The van der Waals surface area contributed by atoms with Crippen molar-refractivity contribution in [3.63, 3.8) is 0 Å². The largest absolute Gasteiger partial charge is 0.491 e. The number of carbonyl (C=O) groups is 2. The van der Waals surface area contributed by atoms with Gasteiger partial charge in [-0.15, -0.1) is 0 Å². The minimum absolute atomic E-state index is 0.0242. The van der Waals surface area contributed by atoms with Gasteiger partial charge in [-0.25, -0.2) is 0 Å². The Morgan fingerprint density at radius 2 is 1.64 bits per heavy atom. The fourth-order valence-corrected chi connectivity index (χ4v) is 6.01. The standard InChI is InChI=1S/C33H46N2O4/c1-38-24-23-34-21-11-2-3-12-22-35(32(36)20-19-27-13-7-8-14-27)29(25-28-15-5-4-6-16-28)26-39-31-18-10-9-17-30(31)33(34)37/h4-6,9-10,15-18,27,29H,2-3,7-8,11-14,19-26H2,1H3/t29-/m0/s1. The van der Waals surface area contributed by atoms with Crippen LogP contribution in [0.2, 0.25) is 0 Å². The van der Waals surface area contributed by atoms with E-state index in [1.54, 1.807) is 7.11 Å². The number of para-hydroxylation sites is 1. The first kappa shape index (κ1) is 29.1. The molecule has 6 nitrogen and oxygen atoms in total. The van der Waals surface area contributed by atoms with E-state index < -0.39 is 0 Å². The van der Waals surface area contributed by atoms with E-state index in [4.69, 9.17) is 9.47 Å². The number of rotatable bonds is 8. The van der Waals surface area contributed by atoms with Crippen molar-refractivity contribution >= 4 is 11.8 Å². The second-order valence-corrected chi connectivity index (χ2v) is 11.1. The quantitative estimate of drug-likeness (QED) is 0.408. The lowest BCUT2D eigenvalue weighted by Crippen LogP contribution is -2.46. The zero-order valence-electron chi connectivity index (χ0n) is 23.7. The van der Waals surface area contributed by atoms with Crippen LogP contribution in [0.4, 0.5) is 0 Å². The Morgan fingerprint density at radius 3 is 2.41 bits per heavy atom. The van der Waals surface area contributed by atoms with E-state index in [0.717, 1.165) is 45.1 Å². The average Bonchev–Trinajstić information content (AvgIpc) is 3.49. The van der Waals surface area contributed by atoms with Crippen molar-refractivity contribution in [2.45, 2.75) is 76.7 Å². The maximum absolute atomic E-state index is 13.7. The van der Waals surface area contributed by atoms with E-state index in [9.17, 15) is 9.59 Å². The normalized spacial score (nSPS) is 19.8. The van der Waals surface area contributed by atoms with Gasteiger partial charge < -0.3 is 19.3 Å². The SMILES string of the molecule is COCCN1CCCCCCN(C(=O)CCC2CCCC2)[C@@H](Cc2ccccc2)COc2ccccc2C1=O. The summed E-state index contributed by atoms with van der Waals surface area (Å²) in [5.41, 5.74) is 1.76. The number of ether oxygens (including phenoxy) is 2. The summed E-state index contributed by atoms with van der Waals surface area (Å²) in [6, 6.07) is 17.8. The molecule has 1 heterocycles. The number of nitrogens with zero attached hydrogens (tertiary/aromatic N) is 2. The molecule has 2 amide bonds. The van der Waals surface area contributed by atoms with Crippen LogP contribution >= 0.6 is 0 Å². The molecular weight excluding hydrogens is 488 g/mol. The summed E-state index contributed by atoms with van der Waals surface area (Å²) in [6.07, 6.45) is 11.4. The van der Waals surface area contributed by atoms with Crippen molar-refractivity contribution < 1.29 is 19.1 Å². The second-order valence-electron chi connectivity index (χ2n) is 11.1. The molecule has 0 N–H and O–H groups in total. The Morgan fingerprint density at radius 1 is 0.923 bits per heavy atom. The number of benzene rings is 2. The molecule has 39 heavy (non-hydrogen) atoms. The van der Waals surface area contributed by atoms with Crippen molar-refractivity contribution in [3.8, 4) is 5.75 Å². The predicted octanol–water partition coefficient (Wildman–Crippen LogP) is 6.14. The molecule has 2 aliphatic rings. The highest BCUT2D eigenvalue weighted by molar-refractivity contribution is 5.97. The molecule has 1 fully saturated rings. The Bertz CT molecular complexity index is 1020. The van der Waals surface area contributed by atoms with Gasteiger partial charge in [0.15, 0.2) is 0 Å². The van der Waals surface area contributed by atoms with Crippen molar-refractivity contribution in [1.29, 1.82) is 0 Å². The summed E-state index contributed by atoms with van der Waals surface area (Å²) in [7, 11) is 1.67. The topological polar surface area (TPSA) is 59.1 Å². The summed E-state index contributed by atoms with van der Waals surface area (Å²) in [6.45, 7) is 2.86. The van der Waals surface area contributed by atoms with Gasteiger partial charge in [0, 0.05) is 33.2 Å². The highest BCUT2D eigenvalue weighted by Crippen LogP contribution is 2.29. The maximum atomic E-state index is 13.7. The summed E-state index contributed by atoms with van der Waals surface area (Å²) in [5, 5.41) is 0. The van der Waals surface area contributed by atoms with Gasteiger partial charge in [-0.3, -0.25) is 9.59 Å². The van der Waals surface area contributed by atoms with Crippen LogP contribution in [0.25, 0.3) is 0 Å². The van der Waals surface area contributed by atoms with E-state index in [1.807, 2.05) is 47.4 Å². The first-order chi connectivity index (χ1) is 19.2. The van der Waals surface area contributed by atoms with E-state index in [2.05, 4.69) is 17.0 Å². The summed E-state index contributed by atoms with van der Waals surface area (Å²) < 4.78 is 11.7. The van der Waals surface area contributed by atoms with Gasteiger partial charge in [0.05, 0.1) is 18.2 Å². The Hall–Kier alpha value is -2.86. The van der Waals surface area contributed by atoms with Gasteiger partial charge in [0.1, 0.15) is 12.4 Å². The van der Waals surface area contributed by atoms with Crippen LogP contribution in [0.1, 0.15) is 80.1 Å². The van der Waals surface area contributed by atoms with Crippen molar-refractivity contribution in [2.24, 2.45) is 5.92 Å². The molecule has 2 aromatic carbocycles. The van der Waals surface area contributed by atoms with Crippen LogP contribution in [-0.2, 0) is 16.0 Å². The fraction of sp³-hybridized carbons (Fsp3) is 0.576. The van der Waals surface area contributed by atoms with Crippen molar-refractivity contribution in [1.82, 2.24) is 9.80 Å². The van der Waals surface area contributed by atoms with Crippen molar-refractivity contribution in [3.05, 3.63) is 65.7 Å². The van der Waals surface area contributed by atoms with Gasteiger partial charge in [0.2, 0.25) is 5.91 Å². The van der Waals surface area contributed by atoms with Gasteiger partial charge in [-0.2, -0.15) is 0 Å². The van der Waals surface area contributed by atoms with E-state index >= 15 is 0 Å². The lowest BCUT2D eigenvalue weighted by Gasteiger charge is -2.33. The first-order valence-corrected chi connectivity index (χ1v) is 15.0. The second kappa shape index (κ2) is 15.7. The first-order valence-electron chi connectivity index (χ1n) is 15.0. The van der Waals surface area contributed by atoms with Gasteiger partial charge in [-0.1, -0.05) is 81.0 Å².